The van der Waals surface area contributed by atoms with Crippen LogP contribution in [0.15, 0.2) is 28.7 Å². The lowest BCUT2D eigenvalue weighted by atomic mass is 9.73. The number of cyclic esters (lactones) is 1. The zero-order chi connectivity index (χ0) is 42.7. The van der Waals surface area contributed by atoms with Gasteiger partial charge >= 0.3 is 5.97 Å². The summed E-state index contributed by atoms with van der Waals surface area (Å²) in [5.41, 5.74) is 4.01. The number of likely N-dealkylation sites (N-methyl/N-ethyl adjacent to an activating group) is 1. The molecule has 0 radical (unpaired) electrons. The van der Waals surface area contributed by atoms with Crippen molar-refractivity contribution in [3.63, 3.8) is 0 Å². The van der Waals surface area contributed by atoms with Crippen molar-refractivity contribution in [1.82, 2.24) is 15.4 Å². The molecule has 0 spiro atoms. The van der Waals surface area contributed by atoms with E-state index in [1.54, 1.807) is 26.3 Å². The van der Waals surface area contributed by atoms with Crippen molar-refractivity contribution < 1.29 is 53.1 Å². The standard InChI is InChI=1S/C42H64N4O11S/c1-12-33-42(9,51)38-24(4)34(44-27(7)47)22(2)17-41(8,53-20-29(19-52-38)45-54-18-28-13-14-30-32(16-28)58-21-43-30)37(25(5)35(48)26(6)39(50)56-33)57-40-36(49)31(46(10)11)15-23(3)55-40/h13-14,16,21-26,29,31,33,36-38,40,45,49,51H,12,15,17-20H2,1-11H3/t22-,23-,24+,25+,26-,29?,31+,33-,36-,37-,38-,40-,41-,42-/m1/s1. The summed E-state index contributed by atoms with van der Waals surface area (Å²) in [5.74, 6) is -5.15. The summed E-state index contributed by atoms with van der Waals surface area (Å²) in [7, 11) is 3.75. The summed E-state index contributed by atoms with van der Waals surface area (Å²) in [6.07, 6.45) is -4.86. The van der Waals surface area contributed by atoms with Gasteiger partial charge < -0.3 is 38.8 Å². The monoisotopic (exact) mass is 832 g/mol. The average Bonchev–Trinajstić information content (AvgIpc) is 3.63. The number of carbonyl (C=O) groups is 3. The number of nitrogens with zero attached hydrogens (tertiary/aromatic N) is 3. The van der Waals surface area contributed by atoms with E-state index in [1.807, 2.05) is 64.9 Å². The van der Waals surface area contributed by atoms with Crippen LogP contribution in [0.25, 0.3) is 10.2 Å². The third kappa shape index (κ3) is 10.4. The van der Waals surface area contributed by atoms with E-state index in [2.05, 4.69) is 15.5 Å². The number of hydroxylamine groups is 1. The minimum atomic E-state index is -1.81. The molecular weight excluding hydrogens is 769 g/mol. The second-order valence-corrected chi connectivity index (χ2v) is 18.1. The van der Waals surface area contributed by atoms with Gasteiger partial charge in [-0.3, -0.25) is 19.2 Å². The largest absolute Gasteiger partial charge is 0.459 e. The molecule has 3 aliphatic rings. The highest BCUT2D eigenvalue weighted by molar-refractivity contribution is 7.16. The van der Waals surface area contributed by atoms with Gasteiger partial charge in [0.05, 0.1) is 65.5 Å². The summed E-state index contributed by atoms with van der Waals surface area (Å²) in [6, 6.07) is 4.94. The Morgan fingerprint density at radius 1 is 1.12 bits per heavy atom. The molecule has 324 valence electrons. The summed E-state index contributed by atoms with van der Waals surface area (Å²) in [4.78, 5) is 58.1. The quantitative estimate of drug-likeness (QED) is 0.195. The molecule has 4 heterocycles. The van der Waals surface area contributed by atoms with Gasteiger partial charge in [0.1, 0.15) is 23.7 Å². The third-order valence-electron chi connectivity index (χ3n) is 12.1. The van der Waals surface area contributed by atoms with Gasteiger partial charge in [0.25, 0.3) is 0 Å². The van der Waals surface area contributed by atoms with Gasteiger partial charge in [-0.15, -0.1) is 11.3 Å². The van der Waals surface area contributed by atoms with Crippen LogP contribution in [0.2, 0.25) is 0 Å². The number of aliphatic hydroxyl groups is 2. The minimum absolute atomic E-state index is 0.0205. The summed E-state index contributed by atoms with van der Waals surface area (Å²) in [5, 5.41) is 24.1. The summed E-state index contributed by atoms with van der Waals surface area (Å²) in [6.45, 7) is 15.4. The number of fused-ring (bicyclic) bond motifs is 6. The van der Waals surface area contributed by atoms with E-state index in [0.717, 1.165) is 15.8 Å². The Kier molecular flexibility index (Phi) is 15.4. The number of aromatic nitrogens is 1. The Labute approximate surface area is 346 Å². The molecule has 0 saturated carbocycles. The SMILES string of the molecule is CC[C@H]1OC(=O)[C@H](C)C(=O)[C@H](C)[C@@H](O[C@H]2O[C@H](C)C[C@H](N(C)C)[C@H]2O)[C@@]2(C)C[C@@H](C)C(=NC(C)=O)[C@H](C)[C@@H](OCC(NOCc3ccc4ncsc4c3)CO2)[C@]1(C)O. The fraction of sp³-hybridized carbons (Fsp3) is 0.738. The number of ketones is 1. The van der Waals surface area contributed by atoms with Gasteiger partial charge in [0.2, 0.25) is 5.91 Å². The molecule has 3 fully saturated rings. The van der Waals surface area contributed by atoms with Gasteiger partial charge in [0.15, 0.2) is 12.1 Å². The maximum atomic E-state index is 14.5. The normalized spacial score (nSPS) is 39.2. The molecule has 14 atom stereocenters. The maximum Gasteiger partial charge on any atom is 0.316 e. The predicted octanol–water partition coefficient (Wildman–Crippen LogP) is 4.25. The van der Waals surface area contributed by atoms with Crippen LogP contribution in [0.1, 0.15) is 87.1 Å². The number of esters is 1. The number of Topliss-reactive ketones (excluding diaryl/α,β-unsaturated/α-hetero) is 1. The van der Waals surface area contributed by atoms with E-state index in [-0.39, 0.29) is 44.8 Å². The first kappa shape index (κ1) is 46.3. The zero-order valence-corrected chi connectivity index (χ0v) is 36.6. The van der Waals surface area contributed by atoms with Crippen LogP contribution in [0.4, 0.5) is 0 Å². The lowest BCUT2D eigenvalue weighted by molar-refractivity contribution is -0.298. The first-order valence-corrected chi connectivity index (χ1v) is 21.3. The van der Waals surface area contributed by atoms with E-state index in [1.165, 1.54) is 25.2 Å². The predicted molar refractivity (Wildman–Crippen MR) is 218 cm³/mol. The Balaban J connectivity index is 1.63. The highest BCUT2D eigenvalue weighted by Crippen LogP contribution is 2.40. The molecule has 5 rings (SSSR count). The van der Waals surface area contributed by atoms with Crippen LogP contribution in [0, 0.1) is 23.7 Å². The molecule has 16 heteroatoms. The number of hydrogen-bond acceptors (Lipinski definition) is 15. The highest BCUT2D eigenvalue weighted by Gasteiger charge is 2.53. The second-order valence-electron chi connectivity index (χ2n) is 17.2. The van der Waals surface area contributed by atoms with Crippen LogP contribution in [-0.4, -0.2) is 131 Å². The molecule has 58 heavy (non-hydrogen) atoms. The molecule has 1 unspecified atom stereocenters. The Morgan fingerprint density at radius 3 is 2.52 bits per heavy atom. The summed E-state index contributed by atoms with van der Waals surface area (Å²) >= 11 is 1.54. The molecule has 2 bridgehead atoms. The van der Waals surface area contributed by atoms with Crippen molar-refractivity contribution >= 4 is 44.9 Å². The van der Waals surface area contributed by atoms with E-state index < -0.39 is 89.3 Å². The van der Waals surface area contributed by atoms with E-state index >= 15 is 0 Å². The number of hydrogen-bond donors (Lipinski definition) is 3. The zero-order valence-electron chi connectivity index (χ0n) is 35.8. The first-order chi connectivity index (χ1) is 27.3. The Morgan fingerprint density at radius 2 is 1.84 bits per heavy atom. The molecule has 1 aromatic carbocycles. The smallest absolute Gasteiger partial charge is 0.316 e. The van der Waals surface area contributed by atoms with Crippen molar-refractivity contribution in [2.24, 2.45) is 28.7 Å². The van der Waals surface area contributed by atoms with E-state index in [4.69, 9.17) is 28.5 Å². The number of rotatable bonds is 8. The van der Waals surface area contributed by atoms with Crippen molar-refractivity contribution in [1.29, 1.82) is 0 Å². The van der Waals surface area contributed by atoms with Crippen LogP contribution in [-0.2, 0) is 49.5 Å². The first-order valence-electron chi connectivity index (χ1n) is 20.4. The molecule has 0 aliphatic carbocycles. The van der Waals surface area contributed by atoms with E-state index in [0.29, 0.717) is 12.1 Å². The Bertz CT molecular complexity index is 1770. The van der Waals surface area contributed by atoms with Crippen LogP contribution in [0.3, 0.4) is 0 Å². The topological polar surface area (TPSA) is 188 Å². The number of carbonyl (C=O) groups excluding carboxylic acids is 3. The van der Waals surface area contributed by atoms with Crippen molar-refractivity contribution in [2.45, 2.75) is 148 Å². The molecule has 15 nitrogen and oxygen atoms in total. The average molecular weight is 833 g/mol. The molecule has 1 amide bonds. The summed E-state index contributed by atoms with van der Waals surface area (Å²) < 4.78 is 33.7. The van der Waals surface area contributed by atoms with Crippen molar-refractivity contribution in [2.75, 3.05) is 27.3 Å². The fourth-order valence-electron chi connectivity index (χ4n) is 8.94. The second kappa shape index (κ2) is 19.3. The van der Waals surface area contributed by atoms with Gasteiger partial charge in [-0.05, 0) is 84.7 Å². The lowest BCUT2D eigenvalue weighted by Crippen LogP contribution is -2.60. The number of aliphatic imine (C=N–C) groups is 1. The fourth-order valence-corrected chi connectivity index (χ4v) is 9.68. The number of amides is 1. The van der Waals surface area contributed by atoms with Crippen molar-refractivity contribution in [3.8, 4) is 0 Å². The number of thiazole rings is 1. The van der Waals surface area contributed by atoms with Gasteiger partial charge in [-0.1, -0.05) is 33.8 Å². The molecule has 1 aromatic heterocycles. The van der Waals surface area contributed by atoms with E-state index in [9.17, 15) is 24.6 Å². The number of aliphatic hydroxyl groups excluding tert-OH is 1. The number of ether oxygens (including phenoxy) is 5. The Hall–Kier alpha value is -2.77. The molecule has 3 N–H and O–H groups in total. The molecule has 2 aromatic rings. The van der Waals surface area contributed by atoms with Gasteiger partial charge in [-0.2, -0.15) is 5.48 Å². The molecule has 3 aliphatic heterocycles. The lowest BCUT2D eigenvalue weighted by Gasteiger charge is -2.47. The van der Waals surface area contributed by atoms with Crippen LogP contribution >= 0.6 is 11.3 Å². The van der Waals surface area contributed by atoms with Crippen molar-refractivity contribution in [3.05, 3.63) is 29.3 Å². The maximum absolute atomic E-state index is 14.5. The highest BCUT2D eigenvalue weighted by atomic mass is 32.1. The van der Waals surface area contributed by atoms with Gasteiger partial charge in [-0.25, -0.2) is 9.98 Å². The molecule has 3 saturated heterocycles. The number of nitrogens with one attached hydrogen (secondary N) is 1. The van der Waals surface area contributed by atoms with Gasteiger partial charge in [0, 0.05) is 30.5 Å². The number of benzene rings is 1. The minimum Gasteiger partial charge on any atom is -0.459 e. The van der Waals surface area contributed by atoms with Crippen LogP contribution in [0.5, 0.6) is 0 Å². The third-order valence-corrected chi connectivity index (χ3v) is 12.9. The molecular formula is C42H64N4O11S. The van der Waals surface area contributed by atoms with Crippen LogP contribution < -0.4 is 5.48 Å².